The first-order chi connectivity index (χ1) is 6.80. The lowest BCUT2D eigenvalue weighted by atomic mass is 9.84. The van der Waals surface area contributed by atoms with Crippen molar-refractivity contribution in [1.29, 1.82) is 0 Å². The van der Waals surface area contributed by atoms with Crippen molar-refractivity contribution >= 4 is 0 Å². The van der Waals surface area contributed by atoms with E-state index in [0.29, 0.717) is 12.1 Å². The molecule has 14 heavy (non-hydrogen) atoms. The predicted molar refractivity (Wildman–Crippen MR) is 60.3 cm³/mol. The van der Waals surface area contributed by atoms with Crippen molar-refractivity contribution in [2.45, 2.75) is 64.5 Å². The minimum Gasteiger partial charge on any atom is -0.395 e. The fourth-order valence-electron chi connectivity index (χ4n) is 2.45. The standard InChI is InChI=1S/C12H25NO/c1-3-10-6-5-7-12(8-10)13-11(4-2)9-14/h10-14H,3-9H2,1-2H3. The van der Waals surface area contributed by atoms with Crippen LogP contribution in [0.25, 0.3) is 0 Å². The maximum atomic E-state index is 9.12. The van der Waals surface area contributed by atoms with E-state index in [9.17, 15) is 0 Å². The molecule has 0 aromatic carbocycles. The summed E-state index contributed by atoms with van der Waals surface area (Å²) >= 11 is 0. The van der Waals surface area contributed by atoms with Crippen molar-refractivity contribution in [1.82, 2.24) is 5.32 Å². The van der Waals surface area contributed by atoms with Gasteiger partial charge in [0.2, 0.25) is 0 Å². The molecular formula is C12H25NO. The molecule has 84 valence electrons. The minimum absolute atomic E-state index is 0.282. The van der Waals surface area contributed by atoms with E-state index in [-0.39, 0.29) is 6.61 Å². The van der Waals surface area contributed by atoms with Gasteiger partial charge in [0.15, 0.2) is 0 Å². The maximum Gasteiger partial charge on any atom is 0.0584 e. The number of aliphatic hydroxyl groups excluding tert-OH is 1. The molecule has 0 aromatic rings. The Bertz CT molecular complexity index is 145. The Morgan fingerprint density at radius 2 is 2.14 bits per heavy atom. The Kier molecular flexibility index (Phi) is 5.49. The van der Waals surface area contributed by atoms with E-state index in [1.54, 1.807) is 0 Å². The Morgan fingerprint density at radius 3 is 2.71 bits per heavy atom. The average molecular weight is 199 g/mol. The summed E-state index contributed by atoms with van der Waals surface area (Å²) < 4.78 is 0. The normalized spacial score (nSPS) is 30.2. The van der Waals surface area contributed by atoms with Crippen molar-refractivity contribution in [3.63, 3.8) is 0 Å². The largest absolute Gasteiger partial charge is 0.395 e. The van der Waals surface area contributed by atoms with Crippen LogP contribution in [-0.2, 0) is 0 Å². The molecule has 1 saturated carbocycles. The molecule has 1 fully saturated rings. The van der Waals surface area contributed by atoms with Crippen molar-refractivity contribution in [2.24, 2.45) is 5.92 Å². The van der Waals surface area contributed by atoms with E-state index in [1.807, 2.05) is 0 Å². The Labute approximate surface area is 88.1 Å². The van der Waals surface area contributed by atoms with Gasteiger partial charge >= 0.3 is 0 Å². The van der Waals surface area contributed by atoms with Gasteiger partial charge in [0.05, 0.1) is 6.61 Å². The summed E-state index contributed by atoms with van der Waals surface area (Å²) in [5.41, 5.74) is 0. The van der Waals surface area contributed by atoms with Gasteiger partial charge in [0.1, 0.15) is 0 Å². The van der Waals surface area contributed by atoms with Gasteiger partial charge in [-0.1, -0.05) is 33.1 Å². The molecule has 0 aromatic heterocycles. The summed E-state index contributed by atoms with van der Waals surface area (Å²) in [6, 6.07) is 0.974. The van der Waals surface area contributed by atoms with Crippen LogP contribution in [0.5, 0.6) is 0 Å². The summed E-state index contributed by atoms with van der Waals surface area (Å²) in [5.74, 6) is 0.914. The molecule has 0 saturated heterocycles. The molecule has 0 heterocycles. The van der Waals surface area contributed by atoms with E-state index >= 15 is 0 Å². The minimum atomic E-state index is 0.282. The van der Waals surface area contributed by atoms with Crippen LogP contribution in [0, 0.1) is 5.92 Å². The molecule has 1 aliphatic rings. The van der Waals surface area contributed by atoms with Gasteiger partial charge in [-0.25, -0.2) is 0 Å². The van der Waals surface area contributed by atoms with Crippen molar-refractivity contribution in [3.8, 4) is 0 Å². The van der Waals surface area contributed by atoms with Crippen LogP contribution in [0.2, 0.25) is 0 Å². The third kappa shape index (κ3) is 3.58. The fourth-order valence-corrected chi connectivity index (χ4v) is 2.45. The van der Waals surface area contributed by atoms with Gasteiger partial charge in [-0.15, -0.1) is 0 Å². The molecule has 2 N–H and O–H groups in total. The molecule has 3 atom stereocenters. The first-order valence-electron chi connectivity index (χ1n) is 6.17. The van der Waals surface area contributed by atoms with E-state index in [2.05, 4.69) is 19.2 Å². The molecule has 1 rings (SSSR count). The molecule has 0 bridgehead atoms. The maximum absolute atomic E-state index is 9.12. The highest BCUT2D eigenvalue weighted by Crippen LogP contribution is 2.26. The second-order valence-corrected chi connectivity index (χ2v) is 4.59. The Balaban J connectivity index is 2.29. The second-order valence-electron chi connectivity index (χ2n) is 4.59. The second kappa shape index (κ2) is 6.41. The fraction of sp³-hybridized carbons (Fsp3) is 1.00. The third-order valence-corrected chi connectivity index (χ3v) is 3.54. The Hall–Kier alpha value is -0.0800. The van der Waals surface area contributed by atoms with Crippen molar-refractivity contribution < 1.29 is 5.11 Å². The summed E-state index contributed by atoms with van der Waals surface area (Å²) in [5, 5.41) is 12.7. The van der Waals surface area contributed by atoms with Gasteiger partial charge in [-0.3, -0.25) is 0 Å². The highest BCUT2D eigenvalue weighted by Gasteiger charge is 2.21. The van der Waals surface area contributed by atoms with Crippen LogP contribution in [0.15, 0.2) is 0 Å². The van der Waals surface area contributed by atoms with Crippen LogP contribution < -0.4 is 5.32 Å². The third-order valence-electron chi connectivity index (χ3n) is 3.54. The molecule has 1 aliphatic carbocycles. The average Bonchev–Trinajstić information content (AvgIpc) is 2.26. The van der Waals surface area contributed by atoms with Crippen molar-refractivity contribution in [2.75, 3.05) is 6.61 Å². The first-order valence-corrected chi connectivity index (χ1v) is 6.17. The highest BCUT2D eigenvalue weighted by atomic mass is 16.3. The molecule has 3 unspecified atom stereocenters. The summed E-state index contributed by atoms with van der Waals surface area (Å²) in [6.45, 7) is 4.70. The topological polar surface area (TPSA) is 32.3 Å². The van der Waals surface area contributed by atoms with Gasteiger partial charge in [0, 0.05) is 12.1 Å². The van der Waals surface area contributed by atoms with Crippen LogP contribution in [-0.4, -0.2) is 23.8 Å². The van der Waals surface area contributed by atoms with Crippen LogP contribution in [0.3, 0.4) is 0 Å². The summed E-state index contributed by atoms with van der Waals surface area (Å²) in [7, 11) is 0. The lowest BCUT2D eigenvalue weighted by Crippen LogP contribution is -2.42. The first kappa shape index (κ1) is 12.0. The van der Waals surface area contributed by atoms with Gasteiger partial charge < -0.3 is 10.4 Å². The molecule has 0 radical (unpaired) electrons. The van der Waals surface area contributed by atoms with Crippen molar-refractivity contribution in [3.05, 3.63) is 0 Å². The van der Waals surface area contributed by atoms with E-state index < -0.39 is 0 Å². The smallest absolute Gasteiger partial charge is 0.0584 e. The highest BCUT2D eigenvalue weighted by molar-refractivity contribution is 4.80. The van der Waals surface area contributed by atoms with E-state index in [4.69, 9.17) is 5.11 Å². The molecule has 0 aliphatic heterocycles. The van der Waals surface area contributed by atoms with Crippen LogP contribution in [0.1, 0.15) is 52.4 Å². The van der Waals surface area contributed by atoms with E-state index in [1.165, 1.54) is 32.1 Å². The number of hydrogen-bond acceptors (Lipinski definition) is 2. The zero-order valence-corrected chi connectivity index (χ0v) is 9.63. The summed E-state index contributed by atoms with van der Waals surface area (Å²) in [6.07, 6.45) is 7.72. The van der Waals surface area contributed by atoms with Crippen LogP contribution in [0.4, 0.5) is 0 Å². The number of aliphatic hydroxyl groups is 1. The van der Waals surface area contributed by atoms with Crippen LogP contribution >= 0.6 is 0 Å². The lowest BCUT2D eigenvalue weighted by molar-refractivity contribution is 0.199. The zero-order valence-electron chi connectivity index (χ0n) is 9.63. The molecule has 2 nitrogen and oxygen atoms in total. The predicted octanol–water partition coefficient (Wildman–Crippen LogP) is 2.32. The number of hydrogen-bond donors (Lipinski definition) is 2. The molecule has 0 spiro atoms. The zero-order chi connectivity index (χ0) is 10.4. The monoisotopic (exact) mass is 199 g/mol. The number of nitrogens with one attached hydrogen (secondary N) is 1. The molecule has 0 amide bonds. The molecule has 2 heteroatoms. The molecular weight excluding hydrogens is 174 g/mol. The SMILES string of the molecule is CCC1CCCC(NC(CC)CO)C1. The summed E-state index contributed by atoms with van der Waals surface area (Å²) in [4.78, 5) is 0. The lowest BCUT2D eigenvalue weighted by Gasteiger charge is -2.31. The number of rotatable bonds is 5. The Morgan fingerprint density at radius 1 is 1.36 bits per heavy atom. The quantitative estimate of drug-likeness (QED) is 0.712. The van der Waals surface area contributed by atoms with Gasteiger partial charge in [0.25, 0.3) is 0 Å². The van der Waals surface area contributed by atoms with Gasteiger partial charge in [-0.2, -0.15) is 0 Å². The van der Waals surface area contributed by atoms with E-state index in [0.717, 1.165) is 12.3 Å². The van der Waals surface area contributed by atoms with Gasteiger partial charge in [-0.05, 0) is 25.2 Å².